The first-order chi connectivity index (χ1) is 10.6. The Balaban J connectivity index is 2.25. The van der Waals surface area contributed by atoms with Gasteiger partial charge in [0.25, 0.3) is 5.91 Å². The van der Waals surface area contributed by atoms with Crippen molar-refractivity contribution in [3.8, 4) is 0 Å². The Hall–Kier alpha value is -1.66. The molecule has 2 heterocycles. The van der Waals surface area contributed by atoms with E-state index in [1.807, 2.05) is 20.8 Å². The van der Waals surface area contributed by atoms with Crippen molar-refractivity contribution >= 4 is 38.6 Å². The normalized spacial score (nSPS) is 23.3. The monoisotopic (exact) mass is 352 g/mol. The summed E-state index contributed by atoms with van der Waals surface area (Å²) in [6, 6.07) is 3.26. The number of amides is 1. The van der Waals surface area contributed by atoms with Crippen LogP contribution in [-0.4, -0.2) is 38.3 Å². The van der Waals surface area contributed by atoms with Crippen molar-refractivity contribution in [2.45, 2.75) is 31.1 Å². The minimum Gasteiger partial charge on any atom is -0.267 e. The molecule has 0 spiro atoms. The summed E-state index contributed by atoms with van der Waals surface area (Å²) < 4.78 is 24.7. The standard InChI is InChI=1S/C16H17ClN2O3S/c1-9-10(14(17)11-7-18-19(4)15(11)20)5-6-12-13(9)16(2,3)8-23(12,21)22/h5-7H,8H2,1-4H3. The number of hydrogen-bond acceptors (Lipinski definition) is 4. The molecule has 7 heteroatoms. The van der Waals surface area contributed by atoms with Crippen LogP contribution in [0.5, 0.6) is 0 Å². The Labute approximate surface area is 140 Å². The summed E-state index contributed by atoms with van der Waals surface area (Å²) in [6.07, 6.45) is 1.43. The summed E-state index contributed by atoms with van der Waals surface area (Å²) >= 11 is 6.44. The van der Waals surface area contributed by atoms with E-state index in [1.54, 1.807) is 19.2 Å². The minimum atomic E-state index is -3.28. The van der Waals surface area contributed by atoms with Gasteiger partial charge in [0, 0.05) is 12.5 Å². The van der Waals surface area contributed by atoms with Crippen LogP contribution in [0.25, 0.3) is 5.03 Å². The minimum absolute atomic E-state index is 0.0803. The summed E-state index contributed by atoms with van der Waals surface area (Å²) in [7, 11) is -1.72. The first-order valence-electron chi connectivity index (χ1n) is 7.15. The number of sulfone groups is 1. The maximum absolute atomic E-state index is 12.3. The molecule has 0 aliphatic carbocycles. The molecule has 1 aromatic carbocycles. The topological polar surface area (TPSA) is 66.8 Å². The highest BCUT2D eigenvalue weighted by atomic mass is 35.5. The van der Waals surface area contributed by atoms with Crippen LogP contribution in [0.2, 0.25) is 0 Å². The Morgan fingerprint density at radius 2 is 2.00 bits per heavy atom. The molecule has 3 rings (SSSR count). The molecule has 0 saturated carbocycles. The maximum atomic E-state index is 12.3. The van der Waals surface area contributed by atoms with Crippen LogP contribution in [0.4, 0.5) is 0 Å². The van der Waals surface area contributed by atoms with Crippen LogP contribution in [0.1, 0.15) is 30.5 Å². The smallest absolute Gasteiger partial charge is 0.267 e. The van der Waals surface area contributed by atoms with E-state index in [4.69, 9.17) is 11.6 Å². The quantitative estimate of drug-likeness (QED) is 0.729. The zero-order chi connectivity index (χ0) is 17.2. The second kappa shape index (κ2) is 4.92. The predicted molar refractivity (Wildman–Crippen MR) is 90.3 cm³/mol. The number of hydrogen-bond donors (Lipinski definition) is 0. The molecular formula is C16H17ClN2O3S. The fraction of sp³-hybridized carbons (Fsp3) is 0.375. The van der Waals surface area contributed by atoms with Crippen LogP contribution < -0.4 is 0 Å². The van der Waals surface area contributed by atoms with Crippen LogP contribution in [0.3, 0.4) is 0 Å². The summed E-state index contributed by atoms with van der Waals surface area (Å²) in [6.45, 7) is 5.66. The molecule has 0 atom stereocenters. The lowest BCUT2D eigenvalue weighted by Gasteiger charge is -2.21. The average Bonchev–Trinajstić information content (AvgIpc) is 2.85. The molecule has 2 aliphatic heterocycles. The van der Waals surface area contributed by atoms with E-state index in [0.717, 1.165) is 11.1 Å². The number of carbonyl (C=O) groups is 1. The maximum Gasteiger partial charge on any atom is 0.276 e. The molecule has 23 heavy (non-hydrogen) atoms. The van der Waals surface area contributed by atoms with E-state index in [2.05, 4.69) is 5.10 Å². The highest BCUT2D eigenvalue weighted by Crippen LogP contribution is 2.44. The molecule has 5 nitrogen and oxygen atoms in total. The molecule has 0 aromatic heterocycles. The molecule has 122 valence electrons. The first kappa shape index (κ1) is 16.2. The molecule has 1 aromatic rings. The molecular weight excluding hydrogens is 336 g/mol. The summed E-state index contributed by atoms with van der Waals surface area (Å²) in [4.78, 5) is 12.4. The molecule has 0 N–H and O–H groups in total. The zero-order valence-corrected chi connectivity index (χ0v) is 14.9. The number of nitrogens with zero attached hydrogens (tertiary/aromatic N) is 2. The van der Waals surface area contributed by atoms with E-state index >= 15 is 0 Å². The van der Waals surface area contributed by atoms with E-state index in [-0.39, 0.29) is 11.7 Å². The summed E-state index contributed by atoms with van der Waals surface area (Å²) in [5.41, 5.74) is 2.07. The van der Waals surface area contributed by atoms with Crippen molar-refractivity contribution in [3.05, 3.63) is 34.4 Å². The fourth-order valence-electron chi connectivity index (χ4n) is 3.37. The van der Waals surface area contributed by atoms with Gasteiger partial charge in [0.05, 0.1) is 27.5 Å². The Kier molecular flexibility index (Phi) is 3.46. The highest BCUT2D eigenvalue weighted by molar-refractivity contribution is 7.91. The Bertz CT molecular complexity index is 898. The van der Waals surface area contributed by atoms with Crippen LogP contribution in [-0.2, 0) is 20.0 Å². The van der Waals surface area contributed by atoms with Gasteiger partial charge in [0.1, 0.15) is 0 Å². The first-order valence-corrected chi connectivity index (χ1v) is 9.18. The second-order valence-electron chi connectivity index (χ2n) is 6.56. The zero-order valence-electron chi connectivity index (χ0n) is 13.3. The van der Waals surface area contributed by atoms with E-state index in [0.29, 0.717) is 21.1 Å². The number of halogens is 1. The van der Waals surface area contributed by atoms with Gasteiger partial charge >= 0.3 is 0 Å². The Morgan fingerprint density at radius 3 is 2.57 bits per heavy atom. The van der Waals surface area contributed by atoms with Gasteiger partial charge in [-0.05, 0) is 29.7 Å². The van der Waals surface area contributed by atoms with Crippen LogP contribution in [0.15, 0.2) is 27.7 Å². The van der Waals surface area contributed by atoms with Crippen molar-refractivity contribution in [2.75, 3.05) is 12.8 Å². The van der Waals surface area contributed by atoms with Crippen molar-refractivity contribution in [2.24, 2.45) is 5.10 Å². The number of fused-ring (bicyclic) bond motifs is 1. The van der Waals surface area contributed by atoms with Gasteiger partial charge in [-0.2, -0.15) is 5.10 Å². The van der Waals surface area contributed by atoms with Crippen molar-refractivity contribution < 1.29 is 13.2 Å². The number of rotatable bonds is 1. The third-order valence-corrected chi connectivity index (χ3v) is 6.87. The molecule has 0 radical (unpaired) electrons. The van der Waals surface area contributed by atoms with E-state index in [9.17, 15) is 13.2 Å². The molecule has 0 saturated heterocycles. The lowest BCUT2D eigenvalue weighted by Crippen LogP contribution is -2.20. The lowest BCUT2D eigenvalue weighted by atomic mass is 9.82. The number of benzene rings is 1. The van der Waals surface area contributed by atoms with Gasteiger partial charge in [-0.25, -0.2) is 13.4 Å². The van der Waals surface area contributed by atoms with Gasteiger partial charge in [-0.1, -0.05) is 31.5 Å². The van der Waals surface area contributed by atoms with Crippen LogP contribution in [0, 0.1) is 6.92 Å². The molecule has 0 unspecified atom stereocenters. The van der Waals surface area contributed by atoms with E-state index in [1.165, 1.54) is 11.2 Å². The SMILES string of the molecule is Cc1c(C(Cl)=C2C=NN(C)C2=O)ccc2c1C(C)(C)CS2(=O)=O. The lowest BCUT2D eigenvalue weighted by molar-refractivity contribution is -0.124. The average molecular weight is 353 g/mol. The van der Waals surface area contributed by atoms with Crippen molar-refractivity contribution in [1.82, 2.24) is 5.01 Å². The fourth-order valence-corrected chi connectivity index (χ4v) is 5.97. The Morgan fingerprint density at radius 1 is 1.35 bits per heavy atom. The molecule has 2 aliphatic rings. The molecule has 1 amide bonds. The van der Waals surface area contributed by atoms with Gasteiger partial charge < -0.3 is 0 Å². The molecule has 0 fully saturated rings. The number of likely N-dealkylation sites (N-methyl/N-ethyl adjacent to an activating group) is 1. The molecule has 0 bridgehead atoms. The largest absolute Gasteiger partial charge is 0.276 e. The van der Waals surface area contributed by atoms with Crippen molar-refractivity contribution in [1.29, 1.82) is 0 Å². The summed E-state index contributed by atoms with van der Waals surface area (Å²) in [5.74, 6) is -0.196. The second-order valence-corrected chi connectivity index (χ2v) is 8.89. The predicted octanol–water partition coefficient (Wildman–Crippen LogP) is 2.47. The number of carbonyl (C=O) groups excluding carboxylic acids is 1. The third kappa shape index (κ3) is 2.32. The third-order valence-electron chi connectivity index (χ3n) is 4.35. The van der Waals surface area contributed by atoms with Gasteiger partial charge in [0.2, 0.25) is 0 Å². The van der Waals surface area contributed by atoms with Gasteiger partial charge in [-0.3, -0.25) is 4.79 Å². The van der Waals surface area contributed by atoms with Crippen molar-refractivity contribution in [3.63, 3.8) is 0 Å². The van der Waals surface area contributed by atoms with Gasteiger partial charge in [-0.15, -0.1) is 0 Å². The van der Waals surface area contributed by atoms with Crippen LogP contribution >= 0.6 is 11.6 Å². The number of hydrazone groups is 1. The van der Waals surface area contributed by atoms with E-state index < -0.39 is 15.3 Å². The summed E-state index contributed by atoms with van der Waals surface area (Å²) in [5, 5.41) is 5.43. The van der Waals surface area contributed by atoms with Gasteiger partial charge in [0.15, 0.2) is 9.84 Å². The highest BCUT2D eigenvalue weighted by Gasteiger charge is 2.42.